The van der Waals surface area contributed by atoms with Gasteiger partial charge in [0.2, 0.25) is 0 Å². The van der Waals surface area contributed by atoms with Crippen molar-refractivity contribution in [2.75, 3.05) is 23.9 Å². The molecule has 0 atom stereocenters. The van der Waals surface area contributed by atoms with Crippen LogP contribution in [0.5, 0.6) is 0 Å². The smallest absolute Gasteiger partial charge is 0.339 e. The summed E-state index contributed by atoms with van der Waals surface area (Å²) in [5.74, 6) is -0.891. The number of para-hydroxylation sites is 1. The van der Waals surface area contributed by atoms with E-state index in [1.165, 1.54) is 7.11 Å². The third kappa shape index (κ3) is 4.25. The van der Waals surface area contributed by atoms with Gasteiger partial charge in [-0.1, -0.05) is 29.8 Å². The molecule has 0 unspecified atom stereocenters. The van der Waals surface area contributed by atoms with Gasteiger partial charge in [-0.05, 0) is 67.8 Å². The minimum atomic E-state index is -0.517. The van der Waals surface area contributed by atoms with Crippen LogP contribution in [0.25, 0.3) is 0 Å². The van der Waals surface area contributed by atoms with Crippen LogP contribution in [0.15, 0.2) is 66.7 Å². The summed E-state index contributed by atoms with van der Waals surface area (Å²) in [7, 11) is 1.30. The molecule has 32 heavy (non-hydrogen) atoms. The molecule has 162 valence electrons. The van der Waals surface area contributed by atoms with E-state index in [1.807, 2.05) is 43.3 Å². The van der Waals surface area contributed by atoms with Gasteiger partial charge in [0.25, 0.3) is 11.8 Å². The maximum atomic E-state index is 13.1. The number of aryl methyl sites for hydroxylation is 2. The number of ether oxygens (including phenoxy) is 1. The van der Waals surface area contributed by atoms with Crippen molar-refractivity contribution in [1.29, 1.82) is 0 Å². The van der Waals surface area contributed by atoms with E-state index in [-0.39, 0.29) is 17.4 Å². The number of anilines is 2. The molecule has 3 aromatic carbocycles. The van der Waals surface area contributed by atoms with E-state index in [0.29, 0.717) is 23.4 Å². The summed E-state index contributed by atoms with van der Waals surface area (Å²) in [6, 6.07) is 19.6. The van der Waals surface area contributed by atoms with Gasteiger partial charge < -0.3 is 15.0 Å². The van der Waals surface area contributed by atoms with E-state index in [9.17, 15) is 14.4 Å². The van der Waals surface area contributed by atoms with Crippen molar-refractivity contribution in [3.63, 3.8) is 0 Å². The van der Waals surface area contributed by atoms with Crippen molar-refractivity contribution in [2.45, 2.75) is 19.8 Å². The summed E-state index contributed by atoms with van der Waals surface area (Å²) in [6.45, 7) is 2.62. The monoisotopic (exact) mass is 428 g/mol. The zero-order chi connectivity index (χ0) is 22.7. The highest BCUT2D eigenvalue weighted by atomic mass is 16.5. The summed E-state index contributed by atoms with van der Waals surface area (Å²) in [6.07, 6.45) is 1.60. The van der Waals surface area contributed by atoms with Crippen LogP contribution in [-0.4, -0.2) is 31.4 Å². The number of hydrogen-bond acceptors (Lipinski definition) is 4. The van der Waals surface area contributed by atoms with Gasteiger partial charge in [0.15, 0.2) is 0 Å². The molecule has 0 aliphatic carbocycles. The van der Waals surface area contributed by atoms with Gasteiger partial charge in [-0.3, -0.25) is 9.59 Å². The second-order valence-corrected chi connectivity index (χ2v) is 7.76. The van der Waals surface area contributed by atoms with Gasteiger partial charge in [0.1, 0.15) is 0 Å². The fourth-order valence-corrected chi connectivity index (χ4v) is 3.88. The number of carbonyl (C=O) groups excluding carboxylic acids is 3. The lowest BCUT2D eigenvalue weighted by atomic mass is 9.98. The molecular formula is C26H24N2O4. The molecule has 0 spiro atoms. The molecule has 1 N–H and O–H groups in total. The number of amides is 2. The molecule has 0 radical (unpaired) electrons. The second-order valence-electron chi connectivity index (χ2n) is 7.76. The third-order valence-corrected chi connectivity index (χ3v) is 5.58. The van der Waals surface area contributed by atoms with E-state index in [0.717, 1.165) is 29.7 Å². The second kappa shape index (κ2) is 9.06. The minimum Gasteiger partial charge on any atom is -0.465 e. The molecule has 0 aromatic heterocycles. The Hall–Kier alpha value is -3.93. The predicted octanol–water partition coefficient (Wildman–Crippen LogP) is 4.63. The molecule has 2 amide bonds. The number of methoxy groups -OCH3 is 1. The first-order valence-corrected chi connectivity index (χ1v) is 10.5. The molecule has 0 saturated heterocycles. The molecule has 3 aromatic rings. The first kappa shape index (κ1) is 21.3. The van der Waals surface area contributed by atoms with Gasteiger partial charge >= 0.3 is 5.97 Å². The van der Waals surface area contributed by atoms with Gasteiger partial charge in [-0.25, -0.2) is 4.79 Å². The molecule has 0 saturated carbocycles. The molecular weight excluding hydrogens is 404 g/mol. The highest BCUT2D eigenvalue weighted by Gasteiger charge is 2.25. The van der Waals surface area contributed by atoms with Crippen molar-refractivity contribution in [1.82, 2.24) is 0 Å². The largest absolute Gasteiger partial charge is 0.465 e. The van der Waals surface area contributed by atoms with Crippen LogP contribution in [0.3, 0.4) is 0 Å². The maximum absolute atomic E-state index is 13.1. The van der Waals surface area contributed by atoms with Gasteiger partial charge in [0, 0.05) is 23.4 Å². The quantitative estimate of drug-likeness (QED) is 0.615. The Bertz CT molecular complexity index is 1180. The zero-order valence-electron chi connectivity index (χ0n) is 18.1. The topological polar surface area (TPSA) is 75.7 Å². The van der Waals surface area contributed by atoms with Crippen LogP contribution in [-0.2, 0) is 11.2 Å². The molecule has 1 aliphatic rings. The summed E-state index contributed by atoms with van der Waals surface area (Å²) in [5.41, 5.74) is 4.66. The average molecular weight is 428 g/mol. The van der Waals surface area contributed by atoms with Crippen molar-refractivity contribution in [2.24, 2.45) is 0 Å². The van der Waals surface area contributed by atoms with Crippen molar-refractivity contribution in [3.05, 3.63) is 94.5 Å². The number of benzene rings is 3. The molecule has 1 aliphatic heterocycles. The number of esters is 1. The fraction of sp³-hybridized carbons (Fsp3) is 0.192. The number of nitrogens with one attached hydrogen (secondary N) is 1. The molecule has 0 fully saturated rings. The lowest BCUT2D eigenvalue weighted by Gasteiger charge is -2.30. The number of fused-ring (bicyclic) bond motifs is 1. The van der Waals surface area contributed by atoms with Gasteiger partial charge in [-0.15, -0.1) is 0 Å². The molecule has 1 heterocycles. The molecule has 0 bridgehead atoms. The van der Waals surface area contributed by atoms with Crippen molar-refractivity contribution < 1.29 is 19.1 Å². The Kier molecular flexibility index (Phi) is 6.03. The molecule has 6 heteroatoms. The van der Waals surface area contributed by atoms with E-state index >= 15 is 0 Å². The predicted molar refractivity (Wildman–Crippen MR) is 123 cm³/mol. The Morgan fingerprint density at radius 3 is 2.41 bits per heavy atom. The van der Waals surface area contributed by atoms with E-state index < -0.39 is 5.97 Å². The highest BCUT2D eigenvalue weighted by Crippen LogP contribution is 2.30. The lowest BCUT2D eigenvalue weighted by Crippen LogP contribution is -2.35. The van der Waals surface area contributed by atoms with Crippen LogP contribution >= 0.6 is 0 Å². The normalized spacial score (nSPS) is 12.6. The standard InChI is InChI=1S/C26H24N2O4/c1-17-9-11-18(12-10-17)25(30)28-15-5-6-19-16-20(13-14-23(19)28)24(29)27-22-8-4-3-7-21(22)26(31)32-2/h3-4,7-14,16H,5-6,15H2,1-2H3,(H,27,29). The Labute approximate surface area is 186 Å². The highest BCUT2D eigenvalue weighted by molar-refractivity contribution is 6.09. The number of rotatable bonds is 4. The Morgan fingerprint density at radius 2 is 1.66 bits per heavy atom. The van der Waals surface area contributed by atoms with E-state index in [2.05, 4.69) is 5.32 Å². The molecule has 4 rings (SSSR count). The van der Waals surface area contributed by atoms with E-state index in [1.54, 1.807) is 35.2 Å². The van der Waals surface area contributed by atoms with E-state index in [4.69, 9.17) is 4.74 Å². The summed E-state index contributed by atoms with van der Waals surface area (Å²) in [5, 5.41) is 2.79. The first-order chi connectivity index (χ1) is 15.5. The first-order valence-electron chi connectivity index (χ1n) is 10.5. The third-order valence-electron chi connectivity index (χ3n) is 5.58. The number of nitrogens with zero attached hydrogens (tertiary/aromatic N) is 1. The number of hydrogen-bond donors (Lipinski definition) is 1. The lowest BCUT2D eigenvalue weighted by molar-refractivity contribution is 0.0601. The minimum absolute atomic E-state index is 0.0462. The van der Waals surface area contributed by atoms with Gasteiger partial charge in [0.05, 0.1) is 18.4 Å². The van der Waals surface area contributed by atoms with Crippen molar-refractivity contribution >= 4 is 29.2 Å². The maximum Gasteiger partial charge on any atom is 0.339 e. The Balaban J connectivity index is 1.58. The summed E-state index contributed by atoms with van der Waals surface area (Å²) < 4.78 is 4.79. The van der Waals surface area contributed by atoms with Crippen LogP contribution < -0.4 is 10.2 Å². The number of carbonyl (C=O) groups is 3. The van der Waals surface area contributed by atoms with Crippen molar-refractivity contribution in [3.8, 4) is 0 Å². The zero-order valence-corrected chi connectivity index (χ0v) is 18.1. The summed E-state index contributed by atoms with van der Waals surface area (Å²) >= 11 is 0. The van der Waals surface area contributed by atoms with Gasteiger partial charge in [-0.2, -0.15) is 0 Å². The SMILES string of the molecule is COC(=O)c1ccccc1NC(=O)c1ccc2c(c1)CCCN2C(=O)c1ccc(C)cc1. The fourth-order valence-electron chi connectivity index (χ4n) is 3.88. The van der Waals surface area contributed by atoms with Crippen LogP contribution in [0.1, 0.15) is 48.6 Å². The molecule has 6 nitrogen and oxygen atoms in total. The average Bonchev–Trinajstić information content (AvgIpc) is 2.83. The summed E-state index contributed by atoms with van der Waals surface area (Å²) in [4.78, 5) is 39.7. The van der Waals surface area contributed by atoms with Crippen LogP contribution in [0.4, 0.5) is 11.4 Å². The van der Waals surface area contributed by atoms with Crippen LogP contribution in [0, 0.1) is 6.92 Å². The Morgan fingerprint density at radius 1 is 0.938 bits per heavy atom. The van der Waals surface area contributed by atoms with Crippen LogP contribution in [0.2, 0.25) is 0 Å².